The van der Waals surface area contributed by atoms with Crippen molar-refractivity contribution >= 4 is 28.3 Å². The number of H-pyrrole nitrogens is 1. The molecular formula is C28H27N5O2S. The van der Waals surface area contributed by atoms with Crippen LogP contribution in [-0.4, -0.2) is 43.2 Å². The van der Waals surface area contributed by atoms with Gasteiger partial charge in [0.2, 0.25) is 0 Å². The number of fused-ring (bicyclic) bond motifs is 1. The van der Waals surface area contributed by atoms with Crippen LogP contribution in [0.3, 0.4) is 0 Å². The van der Waals surface area contributed by atoms with E-state index in [2.05, 4.69) is 18.0 Å². The number of aromatic nitrogens is 4. The van der Waals surface area contributed by atoms with E-state index in [-0.39, 0.29) is 17.6 Å². The molecule has 0 atom stereocenters. The number of likely N-dealkylation sites (tertiary alicyclic amines) is 1. The molecule has 6 rings (SSSR count). The highest BCUT2D eigenvalue weighted by atomic mass is 32.1. The van der Waals surface area contributed by atoms with Crippen LogP contribution in [0.15, 0.2) is 70.8 Å². The Labute approximate surface area is 212 Å². The molecule has 182 valence electrons. The fourth-order valence-corrected chi connectivity index (χ4v) is 5.91. The van der Waals surface area contributed by atoms with Gasteiger partial charge in [0, 0.05) is 19.1 Å². The number of thiophene rings is 1. The molecular weight excluding hydrogens is 470 g/mol. The number of carbonyl (C=O) groups excluding carboxylic acids is 1. The number of benzene rings is 2. The molecule has 1 saturated heterocycles. The highest BCUT2D eigenvalue weighted by Gasteiger charge is 2.29. The number of hydrogen-bond donors (Lipinski definition) is 1. The first-order valence-electron chi connectivity index (χ1n) is 12.2. The van der Waals surface area contributed by atoms with Crippen molar-refractivity contribution in [3.63, 3.8) is 0 Å². The Balaban J connectivity index is 1.30. The summed E-state index contributed by atoms with van der Waals surface area (Å²) in [6.45, 7) is 5.28. The third kappa shape index (κ3) is 3.87. The summed E-state index contributed by atoms with van der Waals surface area (Å²) in [7, 11) is 0. The summed E-state index contributed by atoms with van der Waals surface area (Å²) in [5.41, 5.74) is 6.19. The zero-order chi connectivity index (χ0) is 24.8. The lowest BCUT2D eigenvalue weighted by atomic mass is 10.0. The van der Waals surface area contributed by atoms with Gasteiger partial charge in [-0.2, -0.15) is 5.10 Å². The number of nitrogens with one attached hydrogen (secondary N) is 1. The van der Waals surface area contributed by atoms with Crippen molar-refractivity contribution in [1.82, 2.24) is 24.2 Å². The summed E-state index contributed by atoms with van der Waals surface area (Å²) in [6.07, 6.45) is 1.45. The minimum absolute atomic E-state index is 0.0324. The summed E-state index contributed by atoms with van der Waals surface area (Å²) < 4.78 is 3.65. The maximum absolute atomic E-state index is 13.8. The van der Waals surface area contributed by atoms with Crippen LogP contribution in [0, 0.1) is 13.8 Å². The lowest BCUT2D eigenvalue weighted by Crippen LogP contribution is -2.41. The zero-order valence-electron chi connectivity index (χ0n) is 20.3. The van der Waals surface area contributed by atoms with Crippen LogP contribution in [0.4, 0.5) is 0 Å². The van der Waals surface area contributed by atoms with E-state index in [0.717, 1.165) is 45.7 Å². The molecule has 0 unspecified atom stereocenters. The van der Waals surface area contributed by atoms with Gasteiger partial charge in [-0.1, -0.05) is 35.9 Å². The normalized spacial score (nSPS) is 14.6. The number of amides is 1. The van der Waals surface area contributed by atoms with Gasteiger partial charge in [0.15, 0.2) is 0 Å². The molecule has 8 heteroatoms. The van der Waals surface area contributed by atoms with E-state index in [4.69, 9.17) is 5.10 Å². The van der Waals surface area contributed by atoms with E-state index < -0.39 is 0 Å². The van der Waals surface area contributed by atoms with Gasteiger partial charge in [-0.15, -0.1) is 11.3 Å². The summed E-state index contributed by atoms with van der Waals surface area (Å²) >= 11 is 1.61. The fourth-order valence-electron chi connectivity index (χ4n) is 5.23. The molecule has 0 spiro atoms. The second-order valence-electron chi connectivity index (χ2n) is 9.43. The molecule has 0 radical (unpaired) electrons. The number of piperidine rings is 1. The van der Waals surface area contributed by atoms with Gasteiger partial charge < -0.3 is 9.88 Å². The van der Waals surface area contributed by atoms with E-state index in [1.807, 2.05) is 76.4 Å². The molecule has 7 nitrogen and oxygen atoms in total. The second-order valence-corrected chi connectivity index (χ2v) is 10.4. The average molecular weight is 498 g/mol. The minimum Gasteiger partial charge on any atom is -0.337 e. The van der Waals surface area contributed by atoms with Crippen molar-refractivity contribution in [3.8, 4) is 16.3 Å². The van der Waals surface area contributed by atoms with Crippen molar-refractivity contribution in [2.45, 2.75) is 32.7 Å². The summed E-state index contributed by atoms with van der Waals surface area (Å²) in [5, 5.41) is 6.88. The Morgan fingerprint density at radius 1 is 1.03 bits per heavy atom. The lowest BCUT2D eigenvalue weighted by molar-refractivity contribution is 0.0685. The van der Waals surface area contributed by atoms with Crippen molar-refractivity contribution in [2.24, 2.45) is 0 Å². The number of aromatic amines is 1. The molecule has 0 saturated carbocycles. The molecule has 4 heterocycles. The smallest absolute Gasteiger partial charge is 0.326 e. The van der Waals surface area contributed by atoms with E-state index in [0.29, 0.717) is 18.8 Å². The summed E-state index contributed by atoms with van der Waals surface area (Å²) in [5.74, 6) is -0.0324. The van der Waals surface area contributed by atoms with Crippen LogP contribution in [-0.2, 0) is 0 Å². The minimum atomic E-state index is -0.0884. The van der Waals surface area contributed by atoms with Gasteiger partial charge >= 0.3 is 5.69 Å². The standard InChI is InChI=1S/C28H27N5O2S/c1-18-9-10-23(19(2)16-18)33-25(17-22(30-33)26-8-5-15-36-26)27(34)31-13-11-20(12-14-31)32-24-7-4-3-6-21(24)29-28(32)35/h3-10,15-17,20H,11-14H2,1-2H3,(H,29,35). The summed E-state index contributed by atoms with van der Waals surface area (Å²) in [4.78, 5) is 32.4. The Kier molecular flexibility index (Phi) is 5.60. The average Bonchev–Trinajstić information content (AvgIpc) is 3.62. The molecule has 0 bridgehead atoms. The molecule has 1 aliphatic heterocycles. The number of aryl methyl sites for hydroxylation is 2. The number of nitrogens with zero attached hydrogens (tertiary/aromatic N) is 4. The maximum atomic E-state index is 13.8. The quantitative estimate of drug-likeness (QED) is 0.364. The number of rotatable bonds is 4. The third-order valence-corrected chi connectivity index (χ3v) is 7.92. The maximum Gasteiger partial charge on any atom is 0.326 e. The highest BCUT2D eigenvalue weighted by molar-refractivity contribution is 7.13. The van der Waals surface area contributed by atoms with Gasteiger partial charge in [-0.3, -0.25) is 9.36 Å². The molecule has 1 fully saturated rings. The topological polar surface area (TPSA) is 75.9 Å². The molecule has 3 aromatic heterocycles. The van der Waals surface area contributed by atoms with Crippen LogP contribution in [0.1, 0.15) is 40.5 Å². The first kappa shape index (κ1) is 22.5. The predicted molar refractivity (Wildman–Crippen MR) is 143 cm³/mol. The predicted octanol–water partition coefficient (Wildman–Crippen LogP) is 5.34. The Morgan fingerprint density at radius 3 is 2.58 bits per heavy atom. The van der Waals surface area contributed by atoms with Gasteiger partial charge in [0.05, 0.1) is 21.6 Å². The van der Waals surface area contributed by atoms with E-state index in [9.17, 15) is 9.59 Å². The summed E-state index contributed by atoms with van der Waals surface area (Å²) in [6, 6.07) is 19.9. The third-order valence-electron chi connectivity index (χ3n) is 7.02. The molecule has 2 aromatic carbocycles. The van der Waals surface area contributed by atoms with Gasteiger partial charge in [-0.05, 0) is 68.0 Å². The highest BCUT2D eigenvalue weighted by Crippen LogP contribution is 2.30. The van der Waals surface area contributed by atoms with E-state index >= 15 is 0 Å². The van der Waals surface area contributed by atoms with Crippen molar-refractivity contribution in [1.29, 1.82) is 0 Å². The van der Waals surface area contributed by atoms with Gasteiger partial charge in [0.25, 0.3) is 5.91 Å². The number of carbonyl (C=O) groups is 1. The van der Waals surface area contributed by atoms with Crippen molar-refractivity contribution < 1.29 is 4.79 Å². The van der Waals surface area contributed by atoms with Crippen molar-refractivity contribution in [3.05, 3.63) is 93.3 Å². The fraction of sp³-hybridized carbons (Fsp3) is 0.250. The monoisotopic (exact) mass is 497 g/mol. The molecule has 1 aliphatic rings. The van der Waals surface area contributed by atoms with Gasteiger partial charge in [-0.25, -0.2) is 9.48 Å². The lowest BCUT2D eigenvalue weighted by Gasteiger charge is -2.32. The molecule has 0 aliphatic carbocycles. The Bertz CT molecular complexity index is 1620. The molecule has 1 amide bonds. The van der Waals surface area contributed by atoms with Crippen LogP contribution in [0.2, 0.25) is 0 Å². The second kappa shape index (κ2) is 8.95. The number of para-hydroxylation sites is 2. The van der Waals surface area contributed by atoms with Crippen LogP contribution in [0.5, 0.6) is 0 Å². The van der Waals surface area contributed by atoms with Crippen molar-refractivity contribution in [2.75, 3.05) is 13.1 Å². The first-order chi connectivity index (χ1) is 17.5. The van der Waals surface area contributed by atoms with E-state index in [1.54, 1.807) is 16.0 Å². The van der Waals surface area contributed by atoms with Gasteiger partial charge in [0.1, 0.15) is 11.4 Å². The molecule has 36 heavy (non-hydrogen) atoms. The SMILES string of the molecule is Cc1ccc(-n2nc(-c3cccs3)cc2C(=O)N2CCC(n3c(=O)[nH]c4ccccc43)CC2)c(C)c1. The molecule has 5 aromatic rings. The zero-order valence-corrected chi connectivity index (χ0v) is 21.1. The number of hydrogen-bond acceptors (Lipinski definition) is 4. The largest absolute Gasteiger partial charge is 0.337 e. The van der Waals surface area contributed by atoms with E-state index in [1.165, 1.54) is 5.56 Å². The number of imidazole rings is 1. The van der Waals surface area contributed by atoms with Crippen LogP contribution in [0.25, 0.3) is 27.3 Å². The Hall–Kier alpha value is -3.91. The molecule has 1 N–H and O–H groups in total. The Morgan fingerprint density at radius 2 is 1.83 bits per heavy atom. The van der Waals surface area contributed by atoms with Crippen LogP contribution >= 0.6 is 11.3 Å². The first-order valence-corrected chi connectivity index (χ1v) is 13.1. The van der Waals surface area contributed by atoms with Crippen LogP contribution < -0.4 is 5.69 Å².